The van der Waals surface area contributed by atoms with Crippen molar-refractivity contribution in [2.75, 3.05) is 0 Å². The first-order valence-corrected chi connectivity index (χ1v) is 5.25. The largest absolute Gasteiger partial charge is 0.136 e. The van der Waals surface area contributed by atoms with Gasteiger partial charge in [0.2, 0.25) is 0 Å². The number of hydrogen-bond donors (Lipinski definition) is 0. The van der Waals surface area contributed by atoms with Crippen molar-refractivity contribution in [3.63, 3.8) is 0 Å². The number of benzene rings is 1. The summed E-state index contributed by atoms with van der Waals surface area (Å²) in [7, 11) is 2.64. The summed E-state index contributed by atoms with van der Waals surface area (Å²) in [4.78, 5) is 0. The summed E-state index contributed by atoms with van der Waals surface area (Å²) in [5.74, 6) is 1.09. The molecule has 0 saturated heterocycles. The molecule has 0 amide bonds. The minimum atomic E-state index is 1.09. The maximum atomic E-state index is 2.64. The maximum absolute atomic E-state index is 2.64. The zero-order valence-electron chi connectivity index (χ0n) is 5.08. The molecule has 0 aliphatic heterocycles. The van der Waals surface area contributed by atoms with Crippen LogP contribution in [0.5, 0.6) is 0 Å². The summed E-state index contributed by atoms with van der Waals surface area (Å²) in [6, 6.07) is 10.4. The van der Waals surface area contributed by atoms with Gasteiger partial charge in [-0.25, -0.2) is 0 Å². The Hall–Kier alpha value is 0. The molecule has 0 radical (unpaired) electrons. The lowest BCUT2D eigenvalue weighted by atomic mass is 10.2. The van der Waals surface area contributed by atoms with Crippen LogP contribution >= 0.6 is 19.8 Å². The van der Waals surface area contributed by atoms with Crippen LogP contribution in [0.4, 0.5) is 0 Å². The second-order valence-corrected chi connectivity index (χ2v) is 3.42. The van der Waals surface area contributed by atoms with E-state index in [1.807, 2.05) is 6.07 Å². The van der Waals surface area contributed by atoms with E-state index < -0.39 is 0 Å². The van der Waals surface area contributed by atoms with Gasteiger partial charge in [0, 0.05) is 5.75 Å². The Labute approximate surface area is 62.0 Å². The van der Waals surface area contributed by atoms with Gasteiger partial charge in [-0.15, -0.1) is 11.4 Å². The molecule has 0 bridgehead atoms. The molecule has 1 aromatic rings. The zero-order valence-corrected chi connectivity index (χ0v) is 7.05. The van der Waals surface area contributed by atoms with Crippen molar-refractivity contribution < 1.29 is 0 Å². The smallest absolute Gasteiger partial charge is 0.0221 e. The predicted molar refractivity (Wildman–Crippen MR) is 47.4 cm³/mol. The monoisotopic (exact) mass is 156 g/mol. The fraction of sp³-hybridized carbons (Fsp3) is 0.143. The molecule has 1 atom stereocenters. The Kier molecular flexibility index (Phi) is 3.10. The third-order valence-corrected chi connectivity index (χ3v) is 2.09. The summed E-state index contributed by atoms with van der Waals surface area (Å²) in [6.45, 7) is 0. The van der Waals surface area contributed by atoms with E-state index in [4.69, 9.17) is 0 Å². The van der Waals surface area contributed by atoms with E-state index >= 15 is 0 Å². The van der Waals surface area contributed by atoms with E-state index in [1.54, 1.807) is 11.4 Å². The quantitative estimate of drug-likeness (QED) is 0.593. The van der Waals surface area contributed by atoms with Crippen LogP contribution < -0.4 is 0 Å². The molecule has 1 aromatic carbocycles. The predicted octanol–water partition coefficient (Wildman–Crippen LogP) is 2.71. The highest BCUT2D eigenvalue weighted by atomic mass is 32.7. The zero-order chi connectivity index (χ0) is 6.53. The van der Waals surface area contributed by atoms with Gasteiger partial charge in [0.05, 0.1) is 0 Å². The van der Waals surface area contributed by atoms with E-state index in [0.29, 0.717) is 0 Å². The van der Waals surface area contributed by atoms with Gasteiger partial charge in [0.25, 0.3) is 0 Å². The van der Waals surface area contributed by atoms with E-state index in [-0.39, 0.29) is 0 Å². The van der Waals surface area contributed by atoms with Crippen molar-refractivity contribution in [3.05, 3.63) is 35.9 Å². The minimum absolute atomic E-state index is 1.09. The van der Waals surface area contributed by atoms with Gasteiger partial charge in [-0.05, 0) is 5.56 Å². The van der Waals surface area contributed by atoms with Crippen molar-refractivity contribution in [1.82, 2.24) is 0 Å². The van der Waals surface area contributed by atoms with Crippen LogP contribution in [0.1, 0.15) is 5.56 Å². The molecule has 0 aliphatic carbocycles. The summed E-state index contributed by atoms with van der Waals surface area (Å²) in [5.41, 5.74) is 1.39. The Morgan fingerprint density at radius 1 is 1.22 bits per heavy atom. The molecule has 0 aliphatic rings. The molecule has 0 N–H and O–H groups in total. The lowest BCUT2D eigenvalue weighted by molar-refractivity contribution is 1.43. The topological polar surface area (TPSA) is 0 Å². The van der Waals surface area contributed by atoms with Crippen LogP contribution in [0.15, 0.2) is 30.3 Å². The Balaban J connectivity index is 2.61. The van der Waals surface area contributed by atoms with Crippen LogP contribution in [-0.4, -0.2) is 0 Å². The van der Waals surface area contributed by atoms with Crippen LogP contribution in [0.2, 0.25) is 0 Å². The van der Waals surface area contributed by atoms with Gasteiger partial charge >= 0.3 is 0 Å². The van der Waals surface area contributed by atoms with Crippen LogP contribution in [0.3, 0.4) is 0 Å². The molecular formula is C7H9PS. The molecule has 1 rings (SSSR count). The van der Waals surface area contributed by atoms with Gasteiger partial charge < -0.3 is 0 Å². The van der Waals surface area contributed by atoms with Crippen molar-refractivity contribution in [1.29, 1.82) is 0 Å². The van der Waals surface area contributed by atoms with Crippen molar-refractivity contribution in [2.45, 2.75) is 5.75 Å². The first-order chi connectivity index (χ1) is 4.43. The molecule has 0 aromatic heterocycles. The van der Waals surface area contributed by atoms with E-state index in [0.717, 1.165) is 5.75 Å². The van der Waals surface area contributed by atoms with Gasteiger partial charge in [0.1, 0.15) is 0 Å². The molecule has 2 heteroatoms. The highest BCUT2D eigenvalue weighted by Gasteiger charge is 1.84. The fourth-order valence-corrected chi connectivity index (χ4v) is 1.63. The van der Waals surface area contributed by atoms with Crippen molar-refractivity contribution in [3.8, 4) is 0 Å². The molecule has 9 heavy (non-hydrogen) atoms. The number of rotatable bonds is 2. The Bertz CT molecular complexity index is 162. The van der Waals surface area contributed by atoms with Crippen molar-refractivity contribution in [2.24, 2.45) is 0 Å². The third kappa shape index (κ3) is 2.38. The Morgan fingerprint density at radius 3 is 2.44 bits per heavy atom. The van der Waals surface area contributed by atoms with Gasteiger partial charge in [-0.2, -0.15) is 0 Å². The van der Waals surface area contributed by atoms with Gasteiger partial charge in [-0.1, -0.05) is 38.8 Å². The summed E-state index contributed by atoms with van der Waals surface area (Å²) in [5, 5.41) is 0. The summed E-state index contributed by atoms with van der Waals surface area (Å²) < 4.78 is 0. The molecular weight excluding hydrogens is 147 g/mol. The minimum Gasteiger partial charge on any atom is -0.136 e. The summed E-state index contributed by atoms with van der Waals surface area (Å²) in [6.07, 6.45) is 0. The van der Waals surface area contributed by atoms with E-state index in [1.165, 1.54) is 5.56 Å². The number of hydrogen-bond acceptors (Lipinski definition) is 1. The van der Waals surface area contributed by atoms with E-state index in [9.17, 15) is 0 Å². The molecule has 48 valence electrons. The van der Waals surface area contributed by atoms with Crippen LogP contribution in [0, 0.1) is 0 Å². The lowest BCUT2D eigenvalue weighted by Crippen LogP contribution is -1.73. The second-order valence-electron chi connectivity index (χ2n) is 1.80. The van der Waals surface area contributed by atoms with Gasteiger partial charge in [0.15, 0.2) is 0 Å². The molecule has 0 saturated carbocycles. The average molecular weight is 156 g/mol. The first kappa shape index (κ1) is 7.11. The molecule has 0 heterocycles. The summed E-state index contributed by atoms with van der Waals surface area (Å²) >= 11 is 1.77. The molecule has 0 nitrogen and oxygen atoms in total. The lowest BCUT2D eigenvalue weighted by Gasteiger charge is -1.93. The molecule has 1 unspecified atom stereocenters. The first-order valence-electron chi connectivity index (χ1n) is 2.79. The average Bonchev–Trinajstić information content (AvgIpc) is 1.91. The third-order valence-electron chi connectivity index (χ3n) is 1.09. The Morgan fingerprint density at radius 2 is 1.89 bits per heavy atom. The van der Waals surface area contributed by atoms with Crippen LogP contribution in [-0.2, 0) is 5.75 Å². The normalized spacial score (nSPS) is 9.44. The highest BCUT2D eigenvalue weighted by molar-refractivity contribution is 8.43. The maximum Gasteiger partial charge on any atom is 0.0221 e. The molecule has 0 fully saturated rings. The standard InChI is InChI=1S/C7H9PS/c8-9-6-7-4-2-1-3-5-7/h1-5H,6,8H2. The van der Waals surface area contributed by atoms with Crippen LogP contribution in [0.25, 0.3) is 0 Å². The van der Waals surface area contributed by atoms with E-state index in [2.05, 4.69) is 32.7 Å². The van der Waals surface area contributed by atoms with Gasteiger partial charge in [-0.3, -0.25) is 0 Å². The highest BCUT2D eigenvalue weighted by Crippen LogP contribution is 2.17. The SMILES string of the molecule is PSCc1ccccc1. The fourth-order valence-electron chi connectivity index (χ4n) is 0.670. The second kappa shape index (κ2) is 3.92. The molecule has 0 spiro atoms. The van der Waals surface area contributed by atoms with Crippen molar-refractivity contribution >= 4 is 19.8 Å².